The van der Waals surface area contributed by atoms with Crippen LogP contribution in [0.4, 0.5) is 0 Å². The summed E-state index contributed by atoms with van der Waals surface area (Å²) in [5.74, 6) is -0.759. The van der Waals surface area contributed by atoms with E-state index in [4.69, 9.17) is 14.5 Å². The third kappa shape index (κ3) is 1.43. The molecular formula is C16H14O3. The average molecular weight is 254 g/mol. The molecule has 0 aromatic heterocycles. The summed E-state index contributed by atoms with van der Waals surface area (Å²) >= 11 is 0. The molecule has 2 aliphatic heterocycles. The van der Waals surface area contributed by atoms with Crippen molar-refractivity contribution in [3.8, 4) is 0 Å². The topological polar surface area (TPSA) is 27.7 Å². The van der Waals surface area contributed by atoms with Gasteiger partial charge in [0.15, 0.2) is 0 Å². The largest absolute Gasteiger partial charge is 0.307 e. The second kappa shape index (κ2) is 3.90. The van der Waals surface area contributed by atoms with E-state index in [9.17, 15) is 0 Å². The zero-order chi connectivity index (χ0) is 12.9. The fraction of sp³-hybridized carbons (Fsp3) is 0.250. The van der Waals surface area contributed by atoms with Gasteiger partial charge < -0.3 is 4.74 Å². The predicted molar refractivity (Wildman–Crippen MR) is 69.1 cm³/mol. The lowest BCUT2D eigenvalue weighted by Crippen LogP contribution is -2.36. The predicted octanol–water partition coefficient (Wildman–Crippen LogP) is 3.31. The number of rotatable bonds is 1. The molecule has 0 unspecified atom stereocenters. The molecule has 4 rings (SSSR count). The number of hydrogen-bond donors (Lipinski definition) is 0. The van der Waals surface area contributed by atoms with Gasteiger partial charge in [-0.25, -0.2) is 0 Å². The van der Waals surface area contributed by atoms with Crippen LogP contribution < -0.4 is 0 Å². The van der Waals surface area contributed by atoms with Crippen molar-refractivity contribution in [2.24, 2.45) is 0 Å². The van der Waals surface area contributed by atoms with E-state index in [2.05, 4.69) is 13.0 Å². The lowest BCUT2D eigenvalue weighted by Gasteiger charge is -2.34. The summed E-state index contributed by atoms with van der Waals surface area (Å²) in [6, 6.07) is 18.1. The van der Waals surface area contributed by atoms with Gasteiger partial charge in [-0.15, -0.1) is 0 Å². The van der Waals surface area contributed by atoms with Gasteiger partial charge in [0, 0.05) is 17.0 Å². The lowest BCUT2D eigenvalue weighted by atomic mass is 9.85. The summed E-state index contributed by atoms with van der Waals surface area (Å²) < 4.78 is 6.07. The van der Waals surface area contributed by atoms with E-state index in [1.165, 1.54) is 5.56 Å². The first-order chi connectivity index (χ1) is 9.31. The molecule has 2 aliphatic rings. The molecule has 3 heteroatoms. The van der Waals surface area contributed by atoms with Crippen LogP contribution in [0.25, 0.3) is 0 Å². The van der Waals surface area contributed by atoms with Crippen molar-refractivity contribution in [3.63, 3.8) is 0 Å². The molecule has 1 fully saturated rings. The van der Waals surface area contributed by atoms with Gasteiger partial charge >= 0.3 is 0 Å². The quantitative estimate of drug-likeness (QED) is 0.731. The van der Waals surface area contributed by atoms with Crippen LogP contribution >= 0.6 is 0 Å². The van der Waals surface area contributed by atoms with Crippen molar-refractivity contribution < 1.29 is 14.5 Å². The molecule has 0 radical (unpaired) electrons. The summed E-state index contributed by atoms with van der Waals surface area (Å²) in [5, 5.41) is 0. The molecule has 19 heavy (non-hydrogen) atoms. The van der Waals surface area contributed by atoms with Gasteiger partial charge in [-0.3, -0.25) is 0 Å². The van der Waals surface area contributed by atoms with Crippen molar-refractivity contribution >= 4 is 0 Å². The lowest BCUT2D eigenvalue weighted by molar-refractivity contribution is -0.321. The second-order valence-corrected chi connectivity index (χ2v) is 5.02. The minimum Gasteiger partial charge on any atom is -0.307 e. The Bertz CT molecular complexity index is 610. The molecule has 2 heterocycles. The standard InChI is InChI=1S/C16H14O3/c1-11-13-9-5-6-10-14(13)16(17-15(11)18-19-16)12-7-3-2-4-8-12/h2-11,15H,1H3/t11-,15+,16-/m0/s1. The first-order valence-corrected chi connectivity index (χ1v) is 6.48. The molecule has 0 saturated carbocycles. The van der Waals surface area contributed by atoms with Crippen LogP contribution in [0.2, 0.25) is 0 Å². The van der Waals surface area contributed by atoms with Crippen molar-refractivity contribution in [1.29, 1.82) is 0 Å². The maximum Gasteiger partial charge on any atom is 0.256 e. The Morgan fingerprint density at radius 2 is 1.68 bits per heavy atom. The maximum atomic E-state index is 6.07. The van der Waals surface area contributed by atoms with Gasteiger partial charge in [0.2, 0.25) is 6.29 Å². The van der Waals surface area contributed by atoms with E-state index in [0.717, 1.165) is 11.1 Å². The Morgan fingerprint density at radius 3 is 2.53 bits per heavy atom. The summed E-state index contributed by atoms with van der Waals surface area (Å²) in [6.45, 7) is 2.09. The van der Waals surface area contributed by atoms with Crippen LogP contribution in [-0.4, -0.2) is 6.29 Å². The molecule has 0 N–H and O–H groups in total. The SMILES string of the molecule is C[C@H]1c2ccccc2[C@]2(c3ccccc3)OO[C@H]1O2. The minimum atomic E-state index is -0.922. The van der Waals surface area contributed by atoms with Gasteiger partial charge in [-0.2, -0.15) is 9.78 Å². The normalized spacial score (nSPS) is 32.1. The number of ether oxygens (including phenoxy) is 1. The molecule has 0 amide bonds. The third-order valence-corrected chi connectivity index (χ3v) is 3.91. The van der Waals surface area contributed by atoms with Crippen molar-refractivity contribution in [2.45, 2.75) is 24.9 Å². The Morgan fingerprint density at radius 1 is 0.947 bits per heavy atom. The van der Waals surface area contributed by atoms with Crippen LogP contribution in [-0.2, 0) is 20.3 Å². The fourth-order valence-electron chi connectivity index (χ4n) is 2.88. The van der Waals surface area contributed by atoms with Gasteiger partial charge in [-0.05, 0) is 5.56 Å². The summed E-state index contributed by atoms with van der Waals surface area (Å²) in [6.07, 6.45) is -0.352. The van der Waals surface area contributed by atoms with Gasteiger partial charge in [0.25, 0.3) is 5.79 Å². The average Bonchev–Trinajstić information content (AvgIpc) is 2.89. The summed E-state index contributed by atoms with van der Waals surface area (Å²) in [4.78, 5) is 11.0. The van der Waals surface area contributed by atoms with Crippen LogP contribution in [0.15, 0.2) is 54.6 Å². The minimum absolute atomic E-state index is 0.163. The molecule has 3 atom stereocenters. The Hall–Kier alpha value is -1.68. The molecule has 2 bridgehead atoms. The smallest absolute Gasteiger partial charge is 0.256 e. The molecule has 2 aromatic carbocycles. The van der Waals surface area contributed by atoms with Crippen LogP contribution in [0.3, 0.4) is 0 Å². The second-order valence-electron chi connectivity index (χ2n) is 5.02. The highest BCUT2D eigenvalue weighted by Gasteiger charge is 2.54. The van der Waals surface area contributed by atoms with Crippen LogP contribution in [0.1, 0.15) is 29.5 Å². The van der Waals surface area contributed by atoms with Gasteiger partial charge in [-0.1, -0.05) is 61.5 Å². The van der Waals surface area contributed by atoms with Crippen LogP contribution in [0.5, 0.6) is 0 Å². The van der Waals surface area contributed by atoms with E-state index >= 15 is 0 Å². The fourth-order valence-corrected chi connectivity index (χ4v) is 2.88. The summed E-state index contributed by atoms with van der Waals surface area (Å²) in [7, 11) is 0. The summed E-state index contributed by atoms with van der Waals surface area (Å²) in [5.41, 5.74) is 3.21. The highest BCUT2D eigenvalue weighted by atomic mass is 17.3. The molecule has 0 aliphatic carbocycles. The van der Waals surface area contributed by atoms with E-state index in [1.807, 2.05) is 48.5 Å². The molecular weight excluding hydrogens is 240 g/mol. The van der Waals surface area contributed by atoms with E-state index in [1.54, 1.807) is 0 Å². The number of hydrogen-bond acceptors (Lipinski definition) is 3. The van der Waals surface area contributed by atoms with E-state index in [0.29, 0.717) is 0 Å². The van der Waals surface area contributed by atoms with E-state index < -0.39 is 5.79 Å². The highest BCUT2D eigenvalue weighted by molar-refractivity contribution is 5.43. The highest BCUT2D eigenvalue weighted by Crippen LogP contribution is 2.51. The monoisotopic (exact) mass is 254 g/mol. The van der Waals surface area contributed by atoms with Crippen LogP contribution in [0, 0.1) is 0 Å². The van der Waals surface area contributed by atoms with Gasteiger partial charge in [0.1, 0.15) is 0 Å². The molecule has 3 nitrogen and oxygen atoms in total. The molecule has 1 saturated heterocycles. The van der Waals surface area contributed by atoms with Crippen molar-refractivity contribution in [3.05, 3.63) is 71.3 Å². The first-order valence-electron chi connectivity index (χ1n) is 6.48. The van der Waals surface area contributed by atoms with E-state index in [-0.39, 0.29) is 12.2 Å². The van der Waals surface area contributed by atoms with Crippen molar-refractivity contribution in [1.82, 2.24) is 0 Å². The Balaban J connectivity index is 1.97. The van der Waals surface area contributed by atoms with Gasteiger partial charge in [0.05, 0.1) is 0 Å². The Kier molecular flexibility index (Phi) is 2.30. The molecule has 0 spiro atoms. The first kappa shape index (κ1) is 11.2. The molecule has 96 valence electrons. The van der Waals surface area contributed by atoms with Crippen molar-refractivity contribution in [2.75, 3.05) is 0 Å². The maximum absolute atomic E-state index is 6.07. The number of benzene rings is 2. The third-order valence-electron chi connectivity index (χ3n) is 3.91. The zero-order valence-corrected chi connectivity index (χ0v) is 10.6. The molecule has 2 aromatic rings. The Labute approximate surface area is 111 Å². The number of fused-ring (bicyclic) bond motifs is 4. The zero-order valence-electron chi connectivity index (χ0n) is 10.6.